The fourth-order valence-corrected chi connectivity index (χ4v) is 2.65. The highest BCUT2D eigenvalue weighted by Crippen LogP contribution is 2.06. The minimum absolute atomic E-state index is 0. The molecule has 0 radical (unpaired) electrons. The Hall–Kier alpha value is -0.630. The van der Waals surface area contributed by atoms with E-state index in [2.05, 4.69) is 22.1 Å². The molecule has 0 saturated carbocycles. The number of aryl methyl sites for hydroxylation is 1. The number of hydrogen-bond donors (Lipinski definition) is 2. The van der Waals surface area contributed by atoms with Crippen molar-refractivity contribution >= 4 is 22.4 Å². The van der Waals surface area contributed by atoms with E-state index in [-0.39, 0.29) is 17.4 Å². The summed E-state index contributed by atoms with van der Waals surface area (Å²) in [6, 6.07) is 1.51. The average Bonchev–Trinajstić information content (AvgIpc) is 2.77. The number of halogens is 1. The molecule has 0 bridgehead atoms. The number of hydrogen-bond acceptors (Lipinski definition) is 4. The van der Waals surface area contributed by atoms with Gasteiger partial charge < -0.3 is 5.32 Å². The molecule has 1 aromatic heterocycles. The topological polar surface area (TPSA) is 76.0 Å². The third-order valence-electron chi connectivity index (χ3n) is 2.27. The normalized spacial score (nSPS) is 11.2. The van der Waals surface area contributed by atoms with Crippen molar-refractivity contribution in [2.45, 2.75) is 31.8 Å². The van der Waals surface area contributed by atoms with Crippen LogP contribution in [0.2, 0.25) is 0 Å². The summed E-state index contributed by atoms with van der Waals surface area (Å²) in [7, 11) is -3.44. The highest BCUT2D eigenvalue weighted by molar-refractivity contribution is 7.89. The van der Waals surface area contributed by atoms with Crippen LogP contribution < -0.4 is 10.0 Å². The molecule has 0 fully saturated rings. The zero-order valence-electron chi connectivity index (χ0n) is 10.7. The van der Waals surface area contributed by atoms with Crippen molar-refractivity contribution in [1.29, 1.82) is 0 Å². The molecule has 0 aliphatic heterocycles. The van der Waals surface area contributed by atoms with E-state index >= 15 is 0 Å². The van der Waals surface area contributed by atoms with Crippen molar-refractivity contribution in [2.75, 3.05) is 19.6 Å². The van der Waals surface area contributed by atoms with Gasteiger partial charge in [0.05, 0.1) is 6.20 Å². The molecule has 1 aromatic rings. The molecule has 0 unspecified atom stereocenters. The Morgan fingerprint density at radius 2 is 2.00 bits per heavy atom. The molecule has 0 saturated heterocycles. The summed E-state index contributed by atoms with van der Waals surface area (Å²) in [5.74, 6) is 0. The van der Waals surface area contributed by atoms with E-state index in [1.807, 2.05) is 6.92 Å². The van der Waals surface area contributed by atoms with Gasteiger partial charge in [0.15, 0.2) is 5.03 Å². The lowest BCUT2D eigenvalue weighted by Crippen LogP contribution is -2.33. The Morgan fingerprint density at radius 1 is 1.28 bits per heavy atom. The van der Waals surface area contributed by atoms with Crippen LogP contribution in [0.15, 0.2) is 17.3 Å². The first-order valence-corrected chi connectivity index (χ1v) is 7.32. The van der Waals surface area contributed by atoms with E-state index in [4.69, 9.17) is 0 Å². The second kappa shape index (κ2) is 8.47. The summed E-state index contributed by atoms with van der Waals surface area (Å²) in [6.45, 7) is 6.38. The number of nitrogens with one attached hydrogen (secondary N) is 2. The third kappa shape index (κ3) is 4.93. The van der Waals surface area contributed by atoms with Crippen LogP contribution in [0.4, 0.5) is 0 Å². The van der Waals surface area contributed by atoms with E-state index in [0.29, 0.717) is 19.6 Å². The third-order valence-corrected chi connectivity index (χ3v) is 3.75. The van der Waals surface area contributed by atoms with E-state index in [9.17, 15) is 8.42 Å². The standard InChI is InChI=1S/C10H20N4O2S.ClH/c1-3-6-11-8-9-13-17(15,16)10-5-7-12-14(10)4-2;/h5,7,11,13H,3-4,6,8-9H2,1-2H3;1H. The summed E-state index contributed by atoms with van der Waals surface area (Å²) in [5.41, 5.74) is 0. The fraction of sp³-hybridized carbons (Fsp3) is 0.700. The van der Waals surface area contributed by atoms with E-state index < -0.39 is 10.0 Å². The van der Waals surface area contributed by atoms with Crippen molar-refractivity contribution in [3.63, 3.8) is 0 Å². The predicted octanol–water partition coefficient (Wildman–Crippen LogP) is 0.603. The maximum atomic E-state index is 11.9. The molecule has 0 spiro atoms. The average molecular weight is 297 g/mol. The van der Waals surface area contributed by atoms with Crippen LogP contribution in [0.1, 0.15) is 20.3 Å². The summed E-state index contributed by atoms with van der Waals surface area (Å²) in [5, 5.41) is 7.29. The maximum absolute atomic E-state index is 11.9. The summed E-state index contributed by atoms with van der Waals surface area (Å²) >= 11 is 0. The molecule has 18 heavy (non-hydrogen) atoms. The summed E-state index contributed by atoms with van der Waals surface area (Å²) in [4.78, 5) is 0. The molecule has 8 heteroatoms. The van der Waals surface area contributed by atoms with Crippen molar-refractivity contribution in [3.8, 4) is 0 Å². The van der Waals surface area contributed by atoms with Crippen molar-refractivity contribution < 1.29 is 8.42 Å². The second-order valence-corrected chi connectivity index (χ2v) is 5.35. The molecular weight excluding hydrogens is 276 g/mol. The van der Waals surface area contributed by atoms with Gasteiger partial charge in [-0.3, -0.25) is 4.68 Å². The van der Waals surface area contributed by atoms with Gasteiger partial charge in [0, 0.05) is 19.6 Å². The number of rotatable bonds is 8. The van der Waals surface area contributed by atoms with Gasteiger partial charge in [-0.1, -0.05) is 6.92 Å². The first-order valence-electron chi connectivity index (χ1n) is 5.84. The van der Waals surface area contributed by atoms with Crippen molar-refractivity contribution in [3.05, 3.63) is 12.3 Å². The molecule has 0 amide bonds. The van der Waals surface area contributed by atoms with Crippen LogP contribution in [-0.4, -0.2) is 37.8 Å². The van der Waals surface area contributed by atoms with Gasteiger partial charge >= 0.3 is 0 Å². The van der Waals surface area contributed by atoms with Crippen molar-refractivity contribution in [1.82, 2.24) is 19.8 Å². The smallest absolute Gasteiger partial charge is 0.257 e. The highest BCUT2D eigenvalue weighted by Gasteiger charge is 2.17. The first kappa shape index (κ1) is 17.4. The van der Waals surface area contributed by atoms with Gasteiger partial charge in [0.2, 0.25) is 0 Å². The predicted molar refractivity (Wildman–Crippen MR) is 73.5 cm³/mol. The minimum Gasteiger partial charge on any atom is -0.315 e. The Morgan fingerprint density at radius 3 is 2.61 bits per heavy atom. The molecule has 6 nitrogen and oxygen atoms in total. The molecular formula is C10H21ClN4O2S. The lowest BCUT2D eigenvalue weighted by Gasteiger charge is -2.08. The zero-order valence-corrected chi connectivity index (χ0v) is 12.4. The molecule has 0 aromatic carbocycles. The quantitative estimate of drug-likeness (QED) is 0.689. The Kier molecular flexibility index (Phi) is 8.17. The Labute approximate surface area is 115 Å². The fourth-order valence-electron chi connectivity index (χ4n) is 1.44. The van der Waals surface area contributed by atoms with Gasteiger partial charge in [0.1, 0.15) is 0 Å². The summed E-state index contributed by atoms with van der Waals surface area (Å²) < 4.78 is 27.8. The molecule has 2 N–H and O–H groups in total. The van der Waals surface area contributed by atoms with E-state index in [1.165, 1.54) is 16.9 Å². The molecule has 0 aliphatic carbocycles. The Bertz CT molecular complexity index is 433. The summed E-state index contributed by atoms with van der Waals surface area (Å²) in [6.07, 6.45) is 2.53. The van der Waals surface area contributed by atoms with Crippen LogP contribution >= 0.6 is 12.4 Å². The van der Waals surface area contributed by atoms with Crippen LogP contribution in [0.25, 0.3) is 0 Å². The van der Waals surface area contributed by atoms with Gasteiger partial charge in [-0.25, -0.2) is 13.1 Å². The SMILES string of the molecule is CCCNCCNS(=O)(=O)c1ccnn1CC.Cl. The zero-order chi connectivity index (χ0) is 12.7. The van der Waals surface area contributed by atoms with Crippen molar-refractivity contribution in [2.24, 2.45) is 0 Å². The monoisotopic (exact) mass is 296 g/mol. The number of nitrogens with zero attached hydrogens (tertiary/aromatic N) is 2. The second-order valence-electron chi connectivity index (χ2n) is 3.63. The maximum Gasteiger partial charge on any atom is 0.257 e. The molecule has 106 valence electrons. The van der Waals surface area contributed by atoms with Gasteiger partial charge in [0.25, 0.3) is 10.0 Å². The number of aromatic nitrogens is 2. The van der Waals surface area contributed by atoms with E-state index in [1.54, 1.807) is 0 Å². The van der Waals surface area contributed by atoms with Crippen LogP contribution in [0.3, 0.4) is 0 Å². The molecule has 1 heterocycles. The van der Waals surface area contributed by atoms with Crippen LogP contribution in [-0.2, 0) is 16.6 Å². The molecule has 0 aliphatic rings. The lowest BCUT2D eigenvalue weighted by molar-refractivity contribution is 0.541. The largest absolute Gasteiger partial charge is 0.315 e. The van der Waals surface area contributed by atoms with Gasteiger partial charge in [-0.15, -0.1) is 12.4 Å². The van der Waals surface area contributed by atoms with Crippen LogP contribution in [0.5, 0.6) is 0 Å². The van der Waals surface area contributed by atoms with Gasteiger partial charge in [-0.2, -0.15) is 5.10 Å². The lowest BCUT2D eigenvalue weighted by atomic mass is 10.5. The Balaban J connectivity index is 0.00000289. The first-order chi connectivity index (χ1) is 8.11. The highest BCUT2D eigenvalue weighted by atomic mass is 35.5. The molecule has 0 atom stereocenters. The van der Waals surface area contributed by atoms with Gasteiger partial charge in [-0.05, 0) is 26.0 Å². The molecule has 1 rings (SSSR count). The van der Waals surface area contributed by atoms with E-state index in [0.717, 1.165) is 13.0 Å². The van der Waals surface area contributed by atoms with Crippen LogP contribution in [0, 0.1) is 0 Å². The minimum atomic E-state index is -3.44. The number of sulfonamides is 1.